The highest BCUT2D eigenvalue weighted by Crippen LogP contribution is 2.37. The molecule has 1 atom stereocenters. The molecule has 2 N–H and O–H groups in total. The van der Waals surface area contributed by atoms with Crippen LogP contribution in [0.4, 0.5) is 0 Å². The number of hydrogen-bond acceptors (Lipinski definition) is 3. The number of nitriles is 1. The Morgan fingerprint density at radius 1 is 1.31 bits per heavy atom. The third kappa shape index (κ3) is 3.47. The molecular weight excluding hydrogens is 198 g/mol. The molecule has 1 heterocycles. The largest absolute Gasteiger partial charge is 0.316 e. The molecule has 1 rings (SSSR count). The van der Waals surface area contributed by atoms with E-state index < -0.39 is 0 Å². The fourth-order valence-corrected chi connectivity index (χ4v) is 2.59. The Morgan fingerprint density at radius 2 is 1.88 bits per heavy atom. The maximum Gasteiger partial charge on any atom is 0.0940 e. The first-order valence-electron chi connectivity index (χ1n) is 6.53. The van der Waals surface area contributed by atoms with Gasteiger partial charge in [0.1, 0.15) is 0 Å². The van der Waals surface area contributed by atoms with E-state index in [1.54, 1.807) is 0 Å². The van der Waals surface area contributed by atoms with Gasteiger partial charge in [0.2, 0.25) is 0 Å². The lowest BCUT2D eigenvalue weighted by Gasteiger charge is -2.41. The Labute approximate surface area is 99.6 Å². The molecular formula is C13H25N3. The van der Waals surface area contributed by atoms with E-state index in [1.807, 2.05) is 0 Å². The van der Waals surface area contributed by atoms with Gasteiger partial charge in [-0.05, 0) is 37.8 Å². The van der Waals surface area contributed by atoms with Crippen LogP contribution in [0.2, 0.25) is 0 Å². The summed E-state index contributed by atoms with van der Waals surface area (Å²) < 4.78 is 0. The van der Waals surface area contributed by atoms with E-state index in [-0.39, 0.29) is 6.04 Å². The van der Waals surface area contributed by atoms with Crippen molar-refractivity contribution in [2.24, 2.45) is 11.1 Å². The summed E-state index contributed by atoms with van der Waals surface area (Å²) in [7, 11) is 0. The van der Waals surface area contributed by atoms with E-state index in [0.29, 0.717) is 5.41 Å². The quantitative estimate of drug-likeness (QED) is 0.777. The van der Waals surface area contributed by atoms with Crippen LogP contribution in [-0.2, 0) is 0 Å². The molecule has 3 nitrogen and oxygen atoms in total. The Morgan fingerprint density at radius 3 is 2.31 bits per heavy atom. The van der Waals surface area contributed by atoms with Crippen LogP contribution in [0.5, 0.6) is 0 Å². The molecule has 92 valence electrons. The second-order valence-corrected chi connectivity index (χ2v) is 5.07. The Balaban J connectivity index is 2.29. The topological polar surface area (TPSA) is 53.0 Å². The lowest BCUT2D eigenvalue weighted by molar-refractivity contribution is 0.0943. The van der Waals surface area contributed by atoms with Crippen molar-refractivity contribution in [3.8, 4) is 6.07 Å². The van der Waals surface area contributed by atoms with Crippen LogP contribution < -0.4 is 5.73 Å². The molecule has 0 saturated carbocycles. The summed E-state index contributed by atoms with van der Waals surface area (Å²) in [4.78, 5) is 2.46. The zero-order chi connectivity index (χ0) is 12.0. The normalized spacial score (nSPS) is 22.6. The van der Waals surface area contributed by atoms with Crippen molar-refractivity contribution in [2.75, 3.05) is 19.6 Å². The number of likely N-dealkylation sites (tertiary alicyclic amines) is 1. The van der Waals surface area contributed by atoms with Crippen molar-refractivity contribution in [3.05, 3.63) is 0 Å². The van der Waals surface area contributed by atoms with Gasteiger partial charge in [-0.3, -0.25) is 0 Å². The zero-order valence-corrected chi connectivity index (χ0v) is 10.7. The van der Waals surface area contributed by atoms with Gasteiger partial charge in [0.15, 0.2) is 0 Å². The van der Waals surface area contributed by atoms with E-state index in [2.05, 4.69) is 24.8 Å². The second kappa shape index (κ2) is 6.22. The van der Waals surface area contributed by atoms with Crippen molar-refractivity contribution >= 4 is 0 Å². The smallest absolute Gasteiger partial charge is 0.0940 e. The Kier molecular flexibility index (Phi) is 5.24. The predicted octanol–water partition coefficient (Wildman–Crippen LogP) is 2.13. The fourth-order valence-electron chi connectivity index (χ4n) is 2.59. The summed E-state index contributed by atoms with van der Waals surface area (Å²) in [6.07, 6.45) is 6.02. The SMILES string of the molecule is CCC1(CC)CCN(CCC(N)C#N)CC1. The summed E-state index contributed by atoms with van der Waals surface area (Å²) in [5.41, 5.74) is 6.20. The van der Waals surface area contributed by atoms with Crippen molar-refractivity contribution < 1.29 is 0 Å². The summed E-state index contributed by atoms with van der Waals surface area (Å²) in [6.45, 7) is 7.97. The maximum absolute atomic E-state index is 8.63. The van der Waals surface area contributed by atoms with Gasteiger partial charge in [-0.25, -0.2) is 0 Å². The second-order valence-electron chi connectivity index (χ2n) is 5.07. The molecule has 3 heteroatoms. The Hall–Kier alpha value is -0.590. The van der Waals surface area contributed by atoms with Crippen molar-refractivity contribution in [1.82, 2.24) is 4.90 Å². The number of nitrogens with two attached hydrogens (primary N) is 1. The Bertz CT molecular complexity index is 230. The third-order valence-electron chi connectivity index (χ3n) is 4.34. The summed E-state index contributed by atoms with van der Waals surface area (Å²) in [5, 5.41) is 8.63. The summed E-state index contributed by atoms with van der Waals surface area (Å²) in [5.74, 6) is 0. The van der Waals surface area contributed by atoms with Crippen LogP contribution in [-0.4, -0.2) is 30.6 Å². The van der Waals surface area contributed by atoms with E-state index in [0.717, 1.165) is 13.0 Å². The lowest BCUT2D eigenvalue weighted by atomic mass is 9.74. The maximum atomic E-state index is 8.63. The van der Waals surface area contributed by atoms with Gasteiger partial charge in [0.25, 0.3) is 0 Å². The highest BCUT2D eigenvalue weighted by Gasteiger charge is 2.30. The molecule has 0 amide bonds. The monoisotopic (exact) mass is 223 g/mol. The van der Waals surface area contributed by atoms with E-state index in [4.69, 9.17) is 11.0 Å². The minimum absolute atomic E-state index is 0.288. The van der Waals surface area contributed by atoms with Crippen LogP contribution in [0.1, 0.15) is 46.0 Å². The molecule has 0 spiro atoms. The molecule has 0 aromatic carbocycles. The van der Waals surface area contributed by atoms with Gasteiger partial charge in [-0.15, -0.1) is 0 Å². The fraction of sp³-hybridized carbons (Fsp3) is 0.923. The van der Waals surface area contributed by atoms with Crippen molar-refractivity contribution in [1.29, 1.82) is 5.26 Å². The van der Waals surface area contributed by atoms with Gasteiger partial charge in [0, 0.05) is 6.54 Å². The lowest BCUT2D eigenvalue weighted by Crippen LogP contribution is -2.41. The summed E-state index contributed by atoms with van der Waals surface area (Å²) in [6, 6.07) is 1.81. The standard InChI is InChI=1S/C13H25N3/c1-3-13(4-2)6-9-16(10-7-13)8-5-12(15)11-14/h12H,3-10,15H2,1-2H3. The average Bonchev–Trinajstić information content (AvgIpc) is 2.36. The van der Waals surface area contributed by atoms with Gasteiger partial charge >= 0.3 is 0 Å². The highest BCUT2D eigenvalue weighted by molar-refractivity contribution is 4.88. The molecule has 0 aromatic heterocycles. The van der Waals surface area contributed by atoms with E-state index in [9.17, 15) is 0 Å². The summed E-state index contributed by atoms with van der Waals surface area (Å²) >= 11 is 0. The number of nitrogens with zero attached hydrogens (tertiary/aromatic N) is 2. The van der Waals surface area contributed by atoms with Gasteiger partial charge in [-0.1, -0.05) is 26.7 Å². The highest BCUT2D eigenvalue weighted by atomic mass is 15.1. The molecule has 0 aromatic rings. The van der Waals surface area contributed by atoms with Crippen LogP contribution in [0.3, 0.4) is 0 Å². The van der Waals surface area contributed by atoms with Crippen LogP contribution in [0, 0.1) is 16.7 Å². The molecule has 16 heavy (non-hydrogen) atoms. The molecule has 1 aliphatic heterocycles. The minimum atomic E-state index is -0.288. The number of hydrogen-bond donors (Lipinski definition) is 1. The number of piperidine rings is 1. The van der Waals surface area contributed by atoms with Crippen molar-refractivity contribution in [3.63, 3.8) is 0 Å². The first-order chi connectivity index (χ1) is 7.65. The van der Waals surface area contributed by atoms with Gasteiger partial charge in [0.05, 0.1) is 12.1 Å². The van der Waals surface area contributed by atoms with Gasteiger partial charge < -0.3 is 10.6 Å². The molecule has 0 bridgehead atoms. The van der Waals surface area contributed by atoms with Crippen LogP contribution in [0.15, 0.2) is 0 Å². The zero-order valence-electron chi connectivity index (χ0n) is 10.7. The molecule has 1 saturated heterocycles. The minimum Gasteiger partial charge on any atom is -0.316 e. The molecule has 1 aliphatic rings. The van der Waals surface area contributed by atoms with E-state index >= 15 is 0 Å². The molecule has 1 unspecified atom stereocenters. The van der Waals surface area contributed by atoms with Crippen LogP contribution in [0.25, 0.3) is 0 Å². The third-order valence-corrected chi connectivity index (χ3v) is 4.34. The molecule has 0 radical (unpaired) electrons. The predicted molar refractivity (Wildman–Crippen MR) is 66.9 cm³/mol. The molecule has 0 aliphatic carbocycles. The first-order valence-corrected chi connectivity index (χ1v) is 6.53. The first kappa shape index (κ1) is 13.5. The number of rotatable bonds is 5. The van der Waals surface area contributed by atoms with Crippen molar-refractivity contribution in [2.45, 2.75) is 52.0 Å². The van der Waals surface area contributed by atoms with E-state index in [1.165, 1.54) is 38.8 Å². The molecule has 1 fully saturated rings. The van der Waals surface area contributed by atoms with Gasteiger partial charge in [-0.2, -0.15) is 5.26 Å². The van der Waals surface area contributed by atoms with Crippen LogP contribution >= 0.6 is 0 Å². The average molecular weight is 223 g/mol.